The molecule has 0 bridgehead atoms. The van der Waals surface area contributed by atoms with Gasteiger partial charge >= 0.3 is 0 Å². The number of rotatable bonds is 6. The maximum Gasteiger partial charge on any atom is 0.159 e. The minimum atomic E-state index is -0.286. The van der Waals surface area contributed by atoms with Crippen LogP contribution in [0.4, 0.5) is 0 Å². The average molecular weight is 591 g/mol. The van der Waals surface area contributed by atoms with E-state index in [1.807, 2.05) is 48.8 Å². The summed E-state index contributed by atoms with van der Waals surface area (Å²) in [4.78, 5) is 14.6. The van der Waals surface area contributed by atoms with E-state index < -0.39 is 0 Å². The summed E-state index contributed by atoms with van der Waals surface area (Å²) >= 11 is 0. The molecule has 4 heteroatoms. The van der Waals surface area contributed by atoms with Crippen molar-refractivity contribution in [1.29, 1.82) is 0 Å². The van der Waals surface area contributed by atoms with E-state index in [2.05, 4.69) is 132 Å². The highest BCUT2D eigenvalue weighted by Crippen LogP contribution is 2.32. The van der Waals surface area contributed by atoms with Crippen LogP contribution in [-0.4, -0.2) is 16.7 Å². The number of aliphatic imine (C=N–C) groups is 2. The van der Waals surface area contributed by atoms with Crippen molar-refractivity contribution in [2.45, 2.75) is 6.17 Å². The number of hydrogen-bond donors (Lipinski definition) is 1. The van der Waals surface area contributed by atoms with Crippen molar-refractivity contribution in [1.82, 2.24) is 10.3 Å². The van der Waals surface area contributed by atoms with Gasteiger partial charge in [0.05, 0.1) is 0 Å². The van der Waals surface area contributed by atoms with Gasteiger partial charge in [-0.15, -0.1) is 0 Å². The Balaban J connectivity index is 1.24. The third-order valence-corrected chi connectivity index (χ3v) is 8.43. The van der Waals surface area contributed by atoms with E-state index in [0.717, 1.165) is 44.8 Å². The molecular weight excluding hydrogens is 560 g/mol. The number of hydrogen-bond acceptors (Lipinski definition) is 4. The monoisotopic (exact) mass is 590 g/mol. The van der Waals surface area contributed by atoms with Gasteiger partial charge in [-0.05, 0) is 80.0 Å². The van der Waals surface area contributed by atoms with Gasteiger partial charge in [-0.2, -0.15) is 0 Å². The van der Waals surface area contributed by atoms with Gasteiger partial charge in [-0.3, -0.25) is 4.98 Å². The molecule has 8 rings (SSSR count). The molecule has 0 saturated carbocycles. The normalized spacial score (nSPS) is 14.3. The van der Waals surface area contributed by atoms with Crippen LogP contribution in [0, 0.1) is 0 Å². The molecule has 6 aromatic carbocycles. The summed E-state index contributed by atoms with van der Waals surface area (Å²) in [5, 5.41) is 6.10. The standard InChI is InChI=1S/C42H30N4/c1-3-10-29(11-4-1)35-26-36(30-22-24-43-25-23-30)28-37(27-35)42-45-40(33-13-5-2-6-14-33)44-41(46-42)34-20-18-32(19-21-34)39-17-9-15-31-12-7-8-16-38(31)39/h1-28,40H,(H,44,45,46). The molecule has 1 N–H and O–H groups in total. The summed E-state index contributed by atoms with van der Waals surface area (Å²) in [6.07, 6.45) is 3.37. The summed E-state index contributed by atoms with van der Waals surface area (Å²) in [5.41, 5.74) is 9.86. The molecule has 1 aliphatic heterocycles. The average Bonchev–Trinajstić information content (AvgIpc) is 3.15. The van der Waals surface area contributed by atoms with Gasteiger partial charge in [0.2, 0.25) is 0 Å². The van der Waals surface area contributed by atoms with E-state index in [0.29, 0.717) is 5.84 Å². The molecule has 1 atom stereocenters. The lowest BCUT2D eigenvalue weighted by atomic mass is 9.96. The Kier molecular flexibility index (Phi) is 7.21. The largest absolute Gasteiger partial charge is 0.344 e. The highest BCUT2D eigenvalue weighted by atomic mass is 15.2. The Morgan fingerprint density at radius 2 is 1.07 bits per heavy atom. The molecule has 0 aliphatic carbocycles. The van der Waals surface area contributed by atoms with Gasteiger partial charge < -0.3 is 5.32 Å². The van der Waals surface area contributed by atoms with Crippen LogP contribution >= 0.6 is 0 Å². The van der Waals surface area contributed by atoms with Crippen LogP contribution in [0.25, 0.3) is 44.2 Å². The fourth-order valence-corrected chi connectivity index (χ4v) is 6.08. The zero-order valence-electron chi connectivity index (χ0n) is 25.1. The molecule has 0 spiro atoms. The molecule has 0 amide bonds. The van der Waals surface area contributed by atoms with Crippen molar-refractivity contribution in [3.8, 4) is 33.4 Å². The third-order valence-electron chi connectivity index (χ3n) is 8.43. The summed E-state index contributed by atoms with van der Waals surface area (Å²) in [6, 6.07) is 55.1. The van der Waals surface area contributed by atoms with Crippen molar-refractivity contribution in [2.24, 2.45) is 9.98 Å². The van der Waals surface area contributed by atoms with Crippen LogP contribution in [0.5, 0.6) is 0 Å². The number of benzene rings is 6. The SMILES string of the molecule is c1ccc(-c2cc(C3=NC(c4ccccc4)NC(c4ccc(-c5cccc6ccccc56)cc4)=N3)cc(-c3ccncc3)c2)cc1. The molecule has 0 saturated heterocycles. The Morgan fingerprint density at radius 3 is 1.83 bits per heavy atom. The van der Waals surface area contributed by atoms with Gasteiger partial charge in [0, 0.05) is 23.5 Å². The first-order chi connectivity index (χ1) is 22.8. The Bertz CT molecular complexity index is 2140. The number of pyridine rings is 1. The van der Waals surface area contributed by atoms with E-state index in [-0.39, 0.29) is 6.17 Å². The first-order valence-corrected chi connectivity index (χ1v) is 15.5. The Hall–Kier alpha value is -6.13. The fourth-order valence-electron chi connectivity index (χ4n) is 6.08. The maximum absolute atomic E-state index is 5.17. The minimum absolute atomic E-state index is 0.286. The van der Waals surface area contributed by atoms with Crippen molar-refractivity contribution >= 4 is 22.4 Å². The van der Waals surface area contributed by atoms with Crippen LogP contribution in [0.3, 0.4) is 0 Å². The van der Waals surface area contributed by atoms with Gasteiger partial charge in [-0.1, -0.05) is 127 Å². The molecule has 1 aromatic heterocycles. The lowest BCUT2D eigenvalue weighted by Crippen LogP contribution is -2.33. The Labute approximate surface area is 268 Å². The first kappa shape index (κ1) is 27.4. The molecule has 0 radical (unpaired) electrons. The number of nitrogens with one attached hydrogen (secondary N) is 1. The lowest BCUT2D eigenvalue weighted by molar-refractivity contribution is 0.674. The topological polar surface area (TPSA) is 49.6 Å². The Morgan fingerprint density at radius 1 is 0.457 bits per heavy atom. The van der Waals surface area contributed by atoms with Crippen molar-refractivity contribution in [3.05, 3.63) is 187 Å². The van der Waals surface area contributed by atoms with E-state index >= 15 is 0 Å². The first-order valence-electron chi connectivity index (χ1n) is 15.5. The summed E-state index contributed by atoms with van der Waals surface area (Å²) in [7, 11) is 0. The van der Waals surface area contributed by atoms with E-state index in [1.54, 1.807) is 0 Å². The summed E-state index contributed by atoms with van der Waals surface area (Å²) in [6.45, 7) is 0. The molecule has 46 heavy (non-hydrogen) atoms. The van der Waals surface area contributed by atoms with E-state index in [9.17, 15) is 0 Å². The molecule has 0 fully saturated rings. The third kappa shape index (κ3) is 5.49. The molecule has 1 unspecified atom stereocenters. The van der Waals surface area contributed by atoms with Crippen LogP contribution < -0.4 is 5.32 Å². The van der Waals surface area contributed by atoms with Gasteiger partial charge in [0.15, 0.2) is 5.84 Å². The highest BCUT2D eigenvalue weighted by Gasteiger charge is 2.22. The van der Waals surface area contributed by atoms with Crippen molar-refractivity contribution < 1.29 is 0 Å². The second-order valence-corrected chi connectivity index (χ2v) is 11.4. The lowest BCUT2D eigenvalue weighted by Gasteiger charge is -2.24. The van der Waals surface area contributed by atoms with Crippen LogP contribution in [-0.2, 0) is 0 Å². The van der Waals surface area contributed by atoms with Crippen LogP contribution in [0.1, 0.15) is 22.9 Å². The van der Waals surface area contributed by atoms with Gasteiger partial charge in [0.1, 0.15) is 12.0 Å². The second-order valence-electron chi connectivity index (χ2n) is 11.4. The molecular formula is C42H30N4. The fraction of sp³-hybridized carbons (Fsp3) is 0.0238. The van der Waals surface area contributed by atoms with Gasteiger partial charge in [0.25, 0.3) is 0 Å². The van der Waals surface area contributed by atoms with E-state index in [4.69, 9.17) is 9.98 Å². The summed E-state index contributed by atoms with van der Waals surface area (Å²) < 4.78 is 0. The summed E-state index contributed by atoms with van der Waals surface area (Å²) in [5.74, 6) is 1.48. The molecule has 1 aliphatic rings. The molecule has 7 aromatic rings. The molecule has 4 nitrogen and oxygen atoms in total. The zero-order chi connectivity index (χ0) is 30.7. The number of amidine groups is 2. The maximum atomic E-state index is 5.17. The van der Waals surface area contributed by atoms with Crippen LogP contribution in [0.15, 0.2) is 180 Å². The van der Waals surface area contributed by atoms with Gasteiger partial charge in [-0.25, -0.2) is 9.98 Å². The quantitative estimate of drug-likeness (QED) is 0.210. The minimum Gasteiger partial charge on any atom is -0.344 e. The highest BCUT2D eigenvalue weighted by molar-refractivity contribution is 6.14. The van der Waals surface area contributed by atoms with E-state index in [1.165, 1.54) is 21.9 Å². The number of nitrogens with zero attached hydrogens (tertiary/aromatic N) is 3. The number of fused-ring (bicyclic) bond motifs is 1. The number of aromatic nitrogens is 1. The van der Waals surface area contributed by atoms with Crippen molar-refractivity contribution in [3.63, 3.8) is 0 Å². The molecule has 218 valence electrons. The molecule has 2 heterocycles. The predicted molar refractivity (Wildman–Crippen MR) is 190 cm³/mol. The second kappa shape index (κ2) is 12.1. The van der Waals surface area contributed by atoms with Crippen molar-refractivity contribution in [2.75, 3.05) is 0 Å². The smallest absolute Gasteiger partial charge is 0.159 e. The zero-order valence-corrected chi connectivity index (χ0v) is 25.1. The van der Waals surface area contributed by atoms with Crippen LogP contribution in [0.2, 0.25) is 0 Å². The predicted octanol–water partition coefficient (Wildman–Crippen LogP) is 9.73.